The van der Waals surface area contributed by atoms with Gasteiger partial charge in [-0.15, -0.1) is 0 Å². The quantitative estimate of drug-likeness (QED) is 0.695. The highest BCUT2D eigenvalue weighted by Crippen LogP contribution is 2.17. The largest absolute Gasteiger partial charge is 0.484 e. The van der Waals surface area contributed by atoms with E-state index in [1.807, 2.05) is 24.3 Å². The Hall–Kier alpha value is -2.08. The molecule has 0 saturated carbocycles. The average molecular weight is 337 g/mol. The van der Waals surface area contributed by atoms with Gasteiger partial charge in [0.15, 0.2) is 6.61 Å². The Bertz CT molecular complexity index is 539. The van der Waals surface area contributed by atoms with Crippen molar-refractivity contribution < 1.29 is 24.2 Å². The molecule has 0 spiro atoms. The fourth-order valence-electron chi connectivity index (χ4n) is 2.20. The predicted molar refractivity (Wildman–Crippen MR) is 90.8 cm³/mol. The Morgan fingerprint density at radius 1 is 1.21 bits per heavy atom. The summed E-state index contributed by atoms with van der Waals surface area (Å²) in [5.41, 5.74) is 0.398. The number of benzene rings is 1. The Kier molecular flexibility index (Phi) is 7.71. The van der Waals surface area contributed by atoms with E-state index in [1.165, 1.54) is 17.6 Å². The summed E-state index contributed by atoms with van der Waals surface area (Å²) in [6.07, 6.45) is 1.00. The van der Waals surface area contributed by atoms with Crippen molar-refractivity contribution in [2.24, 2.45) is 0 Å². The average Bonchev–Trinajstić information content (AvgIpc) is 2.60. The molecule has 0 aromatic heterocycles. The van der Waals surface area contributed by atoms with E-state index >= 15 is 0 Å². The molecule has 0 aliphatic heterocycles. The van der Waals surface area contributed by atoms with E-state index < -0.39 is 11.5 Å². The number of nitrogens with zero attached hydrogens (tertiary/aromatic N) is 1. The predicted octanol–water partition coefficient (Wildman–Crippen LogP) is 1.79. The molecular formula is C18H27NO5. The van der Waals surface area contributed by atoms with Gasteiger partial charge in [-0.3, -0.25) is 9.59 Å². The molecule has 0 atom stereocenters. The van der Waals surface area contributed by atoms with Crippen LogP contribution in [0.15, 0.2) is 24.3 Å². The zero-order valence-electron chi connectivity index (χ0n) is 14.9. The number of aliphatic hydroxyl groups excluding tert-OH is 1. The van der Waals surface area contributed by atoms with Gasteiger partial charge in [-0.1, -0.05) is 19.1 Å². The van der Waals surface area contributed by atoms with Gasteiger partial charge in [0.05, 0.1) is 25.7 Å². The molecule has 1 aromatic rings. The van der Waals surface area contributed by atoms with Gasteiger partial charge in [0.1, 0.15) is 5.75 Å². The molecule has 0 heterocycles. The van der Waals surface area contributed by atoms with Gasteiger partial charge in [0, 0.05) is 6.54 Å². The SMILES string of the molecule is CCc1ccc(OCC(=O)N(CCC(=O)OC)C(C)(C)CO)cc1. The highest BCUT2D eigenvalue weighted by atomic mass is 16.5. The second kappa shape index (κ2) is 9.27. The molecule has 134 valence electrons. The van der Waals surface area contributed by atoms with E-state index in [9.17, 15) is 14.7 Å². The number of rotatable bonds is 9. The van der Waals surface area contributed by atoms with E-state index in [2.05, 4.69) is 11.7 Å². The van der Waals surface area contributed by atoms with E-state index in [4.69, 9.17) is 4.74 Å². The van der Waals surface area contributed by atoms with Crippen molar-refractivity contribution in [3.63, 3.8) is 0 Å². The van der Waals surface area contributed by atoms with Gasteiger partial charge in [0.25, 0.3) is 5.91 Å². The zero-order chi connectivity index (χ0) is 18.2. The zero-order valence-corrected chi connectivity index (χ0v) is 14.9. The number of esters is 1. The first-order valence-corrected chi connectivity index (χ1v) is 8.04. The number of hydrogen-bond donors (Lipinski definition) is 1. The summed E-state index contributed by atoms with van der Waals surface area (Å²) in [5, 5.41) is 9.53. The first-order valence-electron chi connectivity index (χ1n) is 8.04. The summed E-state index contributed by atoms with van der Waals surface area (Å²) in [5.74, 6) is -0.0922. The fourth-order valence-corrected chi connectivity index (χ4v) is 2.20. The first-order chi connectivity index (χ1) is 11.3. The Labute approximate surface area is 143 Å². The van der Waals surface area contributed by atoms with Crippen LogP contribution >= 0.6 is 0 Å². The number of carbonyl (C=O) groups is 2. The fraction of sp³-hybridized carbons (Fsp3) is 0.556. The van der Waals surface area contributed by atoms with Gasteiger partial charge < -0.3 is 19.5 Å². The molecule has 6 nitrogen and oxygen atoms in total. The molecule has 0 radical (unpaired) electrons. The van der Waals surface area contributed by atoms with Crippen LogP contribution in [0.5, 0.6) is 5.75 Å². The highest BCUT2D eigenvalue weighted by molar-refractivity contribution is 5.79. The number of hydrogen-bond acceptors (Lipinski definition) is 5. The van der Waals surface area contributed by atoms with Crippen molar-refractivity contribution in [2.45, 2.75) is 39.2 Å². The minimum Gasteiger partial charge on any atom is -0.484 e. The summed E-state index contributed by atoms with van der Waals surface area (Å²) < 4.78 is 10.1. The second-order valence-electron chi connectivity index (χ2n) is 6.13. The lowest BCUT2D eigenvalue weighted by atomic mass is 10.0. The molecule has 0 saturated heterocycles. The minimum atomic E-state index is -0.791. The van der Waals surface area contributed by atoms with E-state index in [0.29, 0.717) is 5.75 Å². The molecule has 0 aliphatic carbocycles. The molecule has 1 amide bonds. The maximum absolute atomic E-state index is 12.5. The second-order valence-corrected chi connectivity index (χ2v) is 6.13. The van der Waals surface area contributed by atoms with Crippen molar-refractivity contribution in [3.05, 3.63) is 29.8 Å². The summed E-state index contributed by atoms with van der Waals surface area (Å²) in [6, 6.07) is 7.54. The van der Waals surface area contributed by atoms with Crippen LogP contribution in [0.1, 0.15) is 32.8 Å². The van der Waals surface area contributed by atoms with E-state index in [1.54, 1.807) is 13.8 Å². The number of carbonyl (C=O) groups excluding carboxylic acids is 2. The van der Waals surface area contributed by atoms with E-state index in [-0.39, 0.29) is 32.1 Å². The summed E-state index contributed by atoms with van der Waals surface area (Å²) in [4.78, 5) is 25.3. The lowest BCUT2D eigenvalue weighted by molar-refractivity contribution is -0.145. The van der Waals surface area contributed by atoms with Crippen LogP contribution in [0, 0.1) is 0 Å². The standard InChI is InChI=1S/C18H27NO5/c1-5-14-6-8-15(9-7-14)24-12-16(21)19(18(2,3)13-20)11-10-17(22)23-4/h6-9,20H,5,10-13H2,1-4H3. The van der Waals surface area contributed by atoms with Crippen LogP contribution in [0.3, 0.4) is 0 Å². The Morgan fingerprint density at radius 3 is 2.33 bits per heavy atom. The van der Waals surface area contributed by atoms with Crippen molar-refractivity contribution in [1.82, 2.24) is 4.90 Å². The molecule has 24 heavy (non-hydrogen) atoms. The number of amides is 1. The molecule has 0 bridgehead atoms. The molecule has 6 heteroatoms. The van der Waals surface area contributed by atoms with Crippen LogP contribution in [0.2, 0.25) is 0 Å². The Balaban J connectivity index is 2.70. The summed E-state index contributed by atoms with van der Waals surface area (Å²) in [7, 11) is 1.30. The molecule has 0 unspecified atom stereocenters. The van der Waals surface area contributed by atoms with Crippen LogP contribution in [0.25, 0.3) is 0 Å². The maximum Gasteiger partial charge on any atom is 0.307 e. The highest BCUT2D eigenvalue weighted by Gasteiger charge is 2.30. The van der Waals surface area contributed by atoms with Gasteiger partial charge in [-0.05, 0) is 38.0 Å². The number of aryl methyl sites for hydroxylation is 1. The molecule has 1 N–H and O–H groups in total. The Morgan fingerprint density at radius 2 is 1.83 bits per heavy atom. The third-order valence-corrected chi connectivity index (χ3v) is 3.88. The van der Waals surface area contributed by atoms with E-state index in [0.717, 1.165) is 6.42 Å². The molecular weight excluding hydrogens is 310 g/mol. The minimum absolute atomic E-state index is 0.0663. The van der Waals surface area contributed by atoms with Crippen molar-refractivity contribution in [3.8, 4) is 5.75 Å². The number of aliphatic hydroxyl groups is 1. The number of ether oxygens (including phenoxy) is 2. The maximum atomic E-state index is 12.5. The molecule has 0 fully saturated rings. The van der Waals surface area contributed by atoms with Crippen LogP contribution < -0.4 is 4.74 Å². The lowest BCUT2D eigenvalue weighted by Crippen LogP contribution is -2.52. The number of methoxy groups -OCH3 is 1. The molecule has 1 aromatic carbocycles. The molecule has 1 rings (SSSR count). The summed E-state index contributed by atoms with van der Waals surface area (Å²) >= 11 is 0. The van der Waals surface area contributed by atoms with Gasteiger partial charge in [-0.25, -0.2) is 0 Å². The first kappa shape index (κ1) is 20.0. The normalized spacial score (nSPS) is 11.0. The summed E-state index contributed by atoms with van der Waals surface area (Å²) in [6.45, 7) is 5.32. The monoisotopic (exact) mass is 337 g/mol. The van der Waals surface area contributed by atoms with Crippen molar-refractivity contribution in [2.75, 3.05) is 26.9 Å². The van der Waals surface area contributed by atoms with Crippen LogP contribution in [-0.4, -0.2) is 54.3 Å². The topological polar surface area (TPSA) is 76.1 Å². The van der Waals surface area contributed by atoms with Crippen molar-refractivity contribution >= 4 is 11.9 Å². The van der Waals surface area contributed by atoms with Crippen LogP contribution in [-0.2, 0) is 20.7 Å². The van der Waals surface area contributed by atoms with Crippen LogP contribution in [0.4, 0.5) is 0 Å². The third-order valence-electron chi connectivity index (χ3n) is 3.88. The van der Waals surface area contributed by atoms with Gasteiger partial charge in [-0.2, -0.15) is 0 Å². The molecule has 0 aliphatic rings. The van der Waals surface area contributed by atoms with Gasteiger partial charge in [0.2, 0.25) is 0 Å². The smallest absolute Gasteiger partial charge is 0.307 e. The lowest BCUT2D eigenvalue weighted by Gasteiger charge is -2.37. The van der Waals surface area contributed by atoms with Crippen molar-refractivity contribution in [1.29, 1.82) is 0 Å². The van der Waals surface area contributed by atoms with Gasteiger partial charge >= 0.3 is 5.97 Å². The third kappa shape index (κ3) is 5.85.